The van der Waals surface area contributed by atoms with Gasteiger partial charge in [-0.3, -0.25) is 14.5 Å². The lowest BCUT2D eigenvalue weighted by Gasteiger charge is -2.33. The molecule has 1 aromatic heterocycles. The van der Waals surface area contributed by atoms with E-state index in [1.807, 2.05) is 12.1 Å². The molecule has 1 saturated heterocycles. The minimum absolute atomic E-state index is 0.196. The molecule has 0 unspecified atom stereocenters. The van der Waals surface area contributed by atoms with Crippen molar-refractivity contribution in [3.8, 4) is 0 Å². The lowest BCUT2D eigenvalue weighted by atomic mass is 10.0. The number of aryl methyl sites for hydroxylation is 1. The Kier molecular flexibility index (Phi) is 5.34. The molecule has 1 aromatic carbocycles. The lowest BCUT2D eigenvalue weighted by Crippen LogP contribution is -2.36. The van der Waals surface area contributed by atoms with Gasteiger partial charge >= 0.3 is 0 Å². The minimum atomic E-state index is -0.268. The second kappa shape index (κ2) is 7.66. The molecule has 0 saturated carbocycles. The average molecular weight is 339 g/mol. The first-order chi connectivity index (χ1) is 12.0. The monoisotopic (exact) mass is 339 g/mol. The zero-order valence-corrected chi connectivity index (χ0v) is 14.9. The number of rotatable bonds is 4. The highest BCUT2D eigenvalue weighted by molar-refractivity contribution is 6.04. The van der Waals surface area contributed by atoms with Gasteiger partial charge in [0.2, 0.25) is 0 Å². The number of nitrogens with one attached hydrogen (secondary N) is 1. The number of amides is 1. The van der Waals surface area contributed by atoms with Gasteiger partial charge in [0, 0.05) is 43.1 Å². The molecule has 0 aliphatic carbocycles. The van der Waals surface area contributed by atoms with Gasteiger partial charge in [-0.1, -0.05) is 18.6 Å². The van der Waals surface area contributed by atoms with Crippen molar-refractivity contribution in [2.75, 3.05) is 11.9 Å². The van der Waals surface area contributed by atoms with E-state index in [1.165, 1.54) is 35.5 Å². The normalized spacial score (nSPS) is 18.1. The summed E-state index contributed by atoms with van der Waals surface area (Å²) in [6.07, 6.45) is 5.46. The molecular weight excluding hydrogens is 314 g/mol. The molecule has 0 bridgehead atoms. The molecule has 25 heavy (non-hydrogen) atoms. The molecule has 1 aliphatic heterocycles. The number of hydrogen-bond donors (Lipinski definition) is 1. The number of benzene rings is 1. The van der Waals surface area contributed by atoms with Gasteiger partial charge in [0.15, 0.2) is 0 Å². The molecule has 5 heteroatoms. The Morgan fingerprint density at radius 3 is 2.64 bits per heavy atom. The lowest BCUT2D eigenvalue weighted by molar-refractivity contribution is 0.102. The Morgan fingerprint density at radius 2 is 1.96 bits per heavy atom. The van der Waals surface area contributed by atoms with Crippen LogP contribution in [0.15, 0.2) is 47.4 Å². The average Bonchev–Trinajstić information content (AvgIpc) is 2.61. The molecule has 2 aromatic rings. The number of piperidine rings is 1. The Balaban J connectivity index is 1.63. The van der Waals surface area contributed by atoms with Crippen molar-refractivity contribution in [3.63, 3.8) is 0 Å². The van der Waals surface area contributed by atoms with Crippen molar-refractivity contribution in [2.24, 2.45) is 7.05 Å². The second-order valence-corrected chi connectivity index (χ2v) is 6.83. The summed E-state index contributed by atoms with van der Waals surface area (Å²) in [7, 11) is 1.66. The highest BCUT2D eigenvalue weighted by Crippen LogP contribution is 2.20. The standard InChI is InChI=1S/C20H25N3O2/c1-15-5-3-4-11-23(15)14-16-6-8-18(9-7-16)21-20(25)17-10-12-22(2)19(24)13-17/h6-10,12-13,15H,3-5,11,14H2,1-2H3,(H,21,25)/t15-/m1/s1. The van der Waals surface area contributed by atoms with Crippen molar-refractivity contribution in [1.82, 2.24) is 9.47 Å². The first-order valence-electron chi connectivity index (χ1n) is 8.84. The Hall–Kier alpha value is -2.40. The van der Waals surface area contributed by atoms with Crippen molar-refractivity contribution < 1.29 is 4.79 Å². The van der Waals surface area contributed by atoms with E-state index in [9.17, 15) is 9.59 Å². The maximum absolute atomic E-state index is 12.3. The van der Waals surface area contributed by atoms with Crippen LogP contribution < -0.4 is 10.9 Å². The van der Waals surface area contributed by atoms with Crippen LogP contribution in [0.4, 0.5) is 5.69 Å². The molecule has 1 N–H and O–H groups in total. The fourth-order valence-corrected chi connectivity index (χ4v) is 3.21. The van der Waals surface area contributed by atoms with Crippen LogP contribution in [0.25, 0.3) is 0 Å². The van der Waals surface area contributed by atoms with Crippen LogP contribution in [0, 0.1) is 0 Å². The first kappa shape index (κ1) is 17.4. The summed E-state index contributed by atoms with van der Waals surface area (Å²) in [4.78, 5) is 26.4. The van der Waals surface area contributed by atoms with Crippen molar-refractivity contribution >= 4 is 11.6 Å². The summed E-state index contributed by atoms with van der Waals surface area (Å²) in [5.74, 6) is -0.268. The van der Waals surface area contributed by atoms with Crippen molar-refractivity contribution in [2.45, 2.75) is 38.8 Å². The largest absolute Gasteiger partial charge is 0.322 e. The molecule has 5 nitrogen and oxygen atoms in total. The van der Waals surface area contributed by atoms with Gasteiger partial charge in [-0.15, -0.1) is 0 Å². The van der Waals surface area contributed by atoms with Gasteiger partial charge in [-0.2, -0.15) is 0 Å². The second-order valence-electron chi connectivity index (χ2n) is 6.83. The molecule has 1 atom stereocenters. The number of anilines is 1. The van der Waals surface area contributed by atoms with Gasteiger partial charge in [0.05, 0.1) is 0 Å². The highest BCUT2D eigenvalue weighted by atomic mass is 16.2. The number of carbonyl (C=O) groups excluding carboxylic acids is 1. The first-order valence-corrected chi connectivity index (χ1v) is 8.84. The zero-order chi connectivity index (χ0) is 17.8. The third-order valence-electron chi connectivity index (χ3n) is 4.90. The van der Waals surface area contributed by atoms with Crippen molar-refractivity contribution in [1.29, 1.82) is 0 Å². The summed E-state index contributed by atoms with van der Waals surface area (Å²) < 4.78 is 1.44. The molecule has 2 heterocycles. The van der Waals surface area contributed by atoms with Gasteiger partial charge in [-0.05, 0) is 50.1 Å². The van der Waals surface area contributed by atoms with Gasteiger partial charge in [-0.25, -0.2) is 0 Å². The topological polar surface area (TPSA) is 54.3 Å². The summed E-state index contributed by atoms with van der Waals surface area (Å²) in [5, 5.41) is 2.84. The molecule has 132 valence electrons. The number of aromatic nitrogens is 1. The van der Waals surface area contributed by atoms with Crippen LogP contribution in [0.3, 0.4) is 0 Å². The van der Waals surface area contributed by atoms with E-state index in [-0.39, 0.29) is 11.5 Å². The molecule has 1 amide bonds. The molecule has 0 spiro atoms. The van der Waals surface area contributed by atoms with Gasteiger partial charge in [0.1, 0.15) is 0 Å². The van der Waals surface area contributed by atoms with E-state index < -0.39 is 0 Å². The number of pyridine rings is 1. The Bertz CT molecular complexity index is 795. The van der Waals surface area contributed by atoms with Crippen LogP contribution in [-0.4, -0.2) is 28.0 Å². The number of nitrogens with zero attached hydrogens (tertiary/aromatic N) is 2. The molecule has 3 rings (SSSR count). The molecule has 1 aliphatic rings. The van der Waals surface area contributed by atoms with Gasteiger partial charge < -0.3 is 9.88 Å². The van der Waals surface area contributed by atoms with E-state index in [0.717, 1.165) is 18.8 Å². The van der Waals surface area contributed by atoms with E-state index in [0.29, 0.717) is 11.6 Å². The summed E-state index contributed by atoms with van der Waals surface area (Å²) in [6.45, 7) is 4.39. The molecular formula is C20H25N3O2. The third kappa shape index (κ3) is 4.37. The van der Waals surface area contributed by atoms with E-state index in [1.54, 1.807) is 19.3 Å². The number of hydrogen-bond acceptors (Lipinski definition) is 3. The van der Waals surface area contributed by atoms with Crippen molar-refractivity contribution in [3.05, 3.63) is 64.1 Å². The van der Waals surface area contributed by atoms with Crippen LogP contribution in [0.1, 0.15) is 42.1 Å². The van der Waals surface area contributed by atoms with E-state index >= 15 is 0 Å². The van der Waals surface area contributed by atoms with Crippen LogP contribution >= 0.6 is 0 Å². The quantitative estimate of drug-likeness (QED) is 0.932. The minimum Gasteiger partial charge on any atom is -0.322 e. The van der Waals surface area contributed by atoms with E-state index in [4.69, 9.17) is 0 Å². The highest BCUT2D eigenvalue weighted by Gasteiger charge is 2.18. The number of likely N-dealkylation sites (tertiary alicyclic amines) is 1. The smallest absolute Gasteiger partial charge is 0.255 e. The fraction of sp³-hybridized carbons (Fsp3) is 0.400. The van der Waals surface area contributed by atoms with Gasteiger partial charge in [0.25, 0.3) is 11.5 Å². The molecule has 0 radical (unpaired) electrons. The summed E-state index contributed by atoms with van der Waals surface area (Å²) in [6, 6.07) is 11.6. The third-order valence-corrected chi connectivity index (χ3v) is 4.90. The Morgan fingerprint density at radius 1 is 1.20 bits per heavy atom. The number of carbonyl (C=O) groups is 1. The SMILES string of the molecule is C[C@@H]1CCCCN1Cc1ccc(NC(=O)c2ccn(C)c(=O)c2)cc1. The van der Waals surface area contributed by atoms with Crippen LogP contribution in [0.2, 0.25) is 0 Å². The van der Waals surface area contributed by atoms with Crippen LogP contribution in [-0.2, 0) is 13.6 Å². The maximum Gasteiger partial charge on any atom is 0.255 e. The summed E-state index contributed by atoms with van der Waals surface area (Å²) in [5.41, 5.74) is 2.16. The predicted octanol–water partition coefficient (Wildman–Crippen LogP) is 3.01. The maximum atomic E-state index is 12.3. The zero-order valence-electron chi connectivity index (χ0n) is 14.9. The fourth-order valence-electron chi connectivity index (χ4n) is 3.21. The van der Waals surface area contributed by atoms with Crippen LogP contribution in [0.5, 0.6) is 0 Å². The Labute approximate surface area is 148 Å². The summed E-state index contributed by atoms with van der Waals surface area (Å²) >= 11 is 0. The van der Waals surface area contributed by atoms with E-state index in [2.05, 4.69) is 29.3 Å². The molecule has 1 fully saturated rings. The predicted molar refractivity (Wildman–Crippen MR) is 99.8 cm³/mol.